The van der Waals surface area contributed by atoms with E-state index in [-0.39, 0.29) is 5.82 Å². The Labute approximate surface area is 114 Å². The Kier molecular flexibility index (Phi) is 3.72. The van der Waals surface area contributed by atoms with E-state index in [0.29, 0.717) is 6.42 Å². The smallest absolute Gasteiger partial charge is 0.123 e. The van der Waals surface area contributed by atoms with Crippen LogP contribution >= 0.6 is 0 Å². The quantitative estimate of drug-likeness (QED) is 0.887. The second-order valence-corrected chi connectivity index (χ2v) is 5.54. The minimum absolute atomic E-state index is 0.214. The van der Waals surface area contributed by atoms with Gasteiger partial charge in [-0.1, -0.05) is 35.9 Å². The summed E-state index contributed by atoms with van der Waals surface area (Å²) in [4.78, 5) is 0. The van der Waals surface area contributed by atoms with E-state index < -0.39 is 5.54 Å². The van der Waals surface area contributed by atoms with Crippen LogP contribution in [0.25, 0.3) is 0 Å². The minimum atomic E-state index is -0.496. The maximum Gasteiger partial charge on any atom is 0.123 e. The lowest BCUT2D eigenvalue weighted by Gasteiger charge is -2.27. The molecule has 2 aromatic rings. The van der Waals surface area contributed by atoms with Crippen LogP contribution in [0.5, 0.6) is 0 Å². The van der Waals surface area contributed by atoms with Gasteiger partial charge in [-0.3, -0.25) is 0 Å². The van der Waals surface area contributed by atoms with Crippen molar-refractivity contribution in [3.63, 3.8) is 0 Å². The summed E-state index contributed by atoms with van der Waals surface area (Å²) >= 11 is 0. The van der Waals surface area contributed by atoms with Gasteiger partial charge < -0.3 is 5.73 Å². The van der Waals surface area contributed by atoms with Gasteiger partial charge in [0.15, 0.2) is 0 Å². The molecular weight excluding hydrogens is 237 g/mol. The number of aryl methyl sites for hydroxylation is 2. The van der Waals surface area contributed by atoms with E-state index in [2.05, 4.69) is 32.0 Å². The molecule has 1 nitrogen and oxygen atoms in total. The highest BCUT2D eigenvalue weighted by atomic mass is 19.1. The van der Waals surface area contributed by atoms with Gasteiger partial charge in [0.1, 0.15) is 5.82 Å². The number of hydrogen-bond acceptors (Lipinski definition) is 1. The maximum atomic E-state index is 13.2. The van der Waals surface area contributed by atoms with Crippen molar-refractivity contribution in [3.8, 4) is 0 Å². The summed E-state index contributed by atoms with van der Waals surface area (Å²) in [7, 11) is 0. The number of rotatable bonds is 3. The molecule has 0 aliphatic heterocycles. The van der Waals surface area contributed by atoms with Crippen LogP contribution in [0.15, 0.2) is 42.5 Å². The zero-order valence-corrected chi connectivity index (χ0v) is 11.7. The van der Waals surface area contributed by atoms with Gasteiger partial charge in [-0.2, -0.15) is 0 Å². The van der Waals surface area contributed by atoms with E-state index in [4.69, 9.17) is 5.73 Å². The van der Waals surface area contributed by atoms with Crippen LogP contribution in [-0.4, -0.2) is 0 Å². The monoisotopic (exact) mass is 257 g/mol. The van der Waals surface area contributed by atoms with Crippen molar-refractivity contribution in [1.29, 1.82) is 0 Å². The molecule has 100 valence electrons. The number of nitrogens with two attached hydrogens (primary N) is 1. The summed E-state index contributed by atoms with van der Waals surface area (Å²) in [6.45, 7) is 6.12. The molecule has 0 aliphatic carbocycles. The minimum Gasteiger partial charge on any atom is -0.321 e. The molecule has 0 spiro atoms. The van der Waals surface area contributed by atoms with E-state index in [9.17, 15) is 4.39 Å². The number of halogens is 1. The molecule has 0 heterocycles. The van der Waals surface area contributed by atoms with Crippen molar-refractivity contribution in [1.82, 2.24) is 0 Å². The summed E-state index contributed by atoms with van der Waals surface area (Å²) in [5.41, 5.74) is 10.4. The van der Waals surface area contributed by atoms with E-state index in [1.165, 1.54) is 17.2 Å². The third-order valence-corrected chi connectivity index (χ3v) is 3.47. The van der Waals surface area contributed by atoms with Crippen LogP contribution in [0.1, 0.15) is 29.2 Å². The molecule has 1 unspecified atom stereocenters. The SMILES string of the molecule is Cc1ccc(C)c(C(C)(N)Cc2cccc(F)c2)c1. The molecule has 0 saturated heterocycles. The topological polar surface area (TPSA) is 26.0 Å². The molecule has 0 aliphatic rings. The first-order chi connectivity index (χ1) is 8.88. The zero-order chi connectivity index (χ0) is 14.0. The van der Waals surface area contributed by atoms with Crippen LogP contribution in [0.3, 0.4) is 0 Å². The largest absolute Gasteiger partial charge is 0.321 e. The molecule has 0 bridgehead atoms. The fraction of sp³-hybridized carbons (Fsp3) is 0.294. The summed E-state index contributed by atoms with van der Waals surface area (Å²) in [5.74, 6) is -0.214. The van der Waals surface area contributed by atoms with Crippen molar-refractivity contribution in [2.45, 2.75) is 32.7 Å². The van der Waals surface area contributed by atoms with E-state index in [1.54, 1.807) is 12.1 Å². The van der Waals surface area contributed by atoms with Gasteiger partial charge in [-0.15, -0.1) is 0 Å². The average molecular weight is 257 g/mol. The van der Waals surface area contributed by atoms with Gasteiger partial charge in [-0.25, -0.2) is 4.39 Å². The van der Waals surface area contributed by atoms with E-state index >= 15 is 0 Å². The number of hydrogen-bond donors (Lipinski definition) is 1. The van der Waals surface area contributed by atoms with Gasteiger partial charge in [0.05, 0.1) is 0 Å². The molecule has 0 radical (unpaired) electrons. The van der Waals surface area contributed by atoms with Crippen LogP contribution in [0, 0.1) is 19.7 Å². The Balaban J connectivity index is 2.34. The molecule has 0 aromatic heterocycles. The summed E-state index contributed by atoms with van der Waals surface area (Å²) in [6, 6.07) is 12.9. The summed E-state index contributed by atoms with van der Waals surface area (Å²) in [6.07, 6.45) is 0.620. The second-order valence-electron chi connectivity index (χ2n) is 5.54. The fourth-order valence-corrected chi connectivity index (χ4v) is 2.52. The van der Waals surface area contributed by atoms with Crippen molar-refractivity contribution in [2.75, 3.05) is 0 Å². The Morgan fingerprint density at radius 1 is 1.11 bits per heavy atom. The summed E-state index contributed by atoms with van der Waals surface area (Å²) in [5, 5.41) is 0. The lowest BCUT2D eigenvalue weighted by atomic mass is 9.83. The first kappa shape index (κ1) is 13.8. The predicted octanol–water partition coefficient (Wildman–Crippen LogP) is 3.86. The van der Waals surface area contributed by atoms with Gasteiger partial charge in [0.25, 0.3) is 0 Å². The molecule has 2 aromatic carbocycles. The first-order valence-electron chi connectivity index (χ1n) is 6.49. The highest BCUT2D eigenvalue weighted by Gasteiger charge is 2.23. The third kappa shape index (κ3) is 3.21. The third-order valence-electron chi connectivity index (χ3n) is 3.47. The van der Waals surface area contributed by atoms with Crippen LogP contribution in [-0.2, 0) is 12.0 Å². The Morgan fingerprint density at radius 2 is 1.84 bits per heavy atom. The second kappa shape index (κ2) is 5.14. The highest BCUT2D eigenvalue weighted by Crippen LogP contribution is 2.26. The normalized spacial score (nSPS) is 14.2. The number of benzene rings is 2. The molecule has 2 N–H and O–H groups in total. The molecule has 0 saturated carbocycles. The van der Waals surface area contributed by atoms with Crippen LogP contribution in [0.4, 0.5) is 4.39 Å². The first-order valence-corrected chi connectivity index (χ1v) is 6.49. The van der Waals surface area contributed by atoms with Gasteiger partial charge in [0.2, 0.25) is 0 Å². The molecule has 2 rings (SSSR count). The summed E-state index contributed by atoms with van der Waals surface area (Å²) < 4.78 is 13.2. The lowest BCUT2D eigenvalue weighted by molar-refractivity contribution is 0.486. The van der Waals surface area contributed by atoms with Gasteiger partial charge >= 0.3 is 0 Å². The Morgan fingerprint density at radius 3 is 2.53 bits per heavy atom. The van der Waals surface area contributed by atoms with E-state index in [1.807, 2.05) is 13.0 Å². The Hall–Kier alpha value is -1.67. The molecule has 2 heteroatoms. The van der Waals surface area contributed by atoms with Crippen LogP contribution < -0.4 is 5.73 Å². The van der Waals surface area contributed by atoms with E-state index in [0.717, 1.165) is 11.1 Å². The van der Waals surface area contributed by atoms with Crippen molar-refractivity contribution in [2.24, 2.45) is 5.73 Å². The zero-order valence-electron chi connectivity index (χ0n) is 11.7. The molecular formula is C17H20FN. The molecule has 0 fully saturated rings. The highest BCUT2D eigenvalue weighted by molar-refractivity contribution is 5.37. The molecule has 0 amide bonds. The average Bonchev–Trinajstić information content (AvgIpc) is 2.31. The maximum absolute atomic E-state index is 13.2. The molecule has 19 heavy (non-hydrogen) atoms. The standard InChI is InChI=1S/C17H20FN/c1-12-7-8-13(2)16(9-12)17(3,19)11-14-5-4-6-15(18)10-14/h4-10H,11,19H2,1-3H3. The van der Waals surface area contributed by atoms with Crippen molar-refractivity contribution >= 4 is 0 Å². The lowest BCUT2D eigenvalue weighted by Crippen LogP contribution is -2.36. The van der Waals surface area contributed by atoms with Crippen LogP contribution in [0.2, 0.25) is 0 Å². The Bertz CT molecular complexity index is 588. The molecule has 1 atom stereocenters. The fourth-order valence-electron chi connectivity index (χ4n) is 2.52. The van der Waals surface area contributed by atoms with Crippen molar-refractivity contribution < 1.29 is 4.39 Å². The van der Waals surface area contributed by atoms with Gasteiger partial charge in [0, 0.05) is 5.54 Å². The predicted molar refractivity (Wildman–Crippen MR) is 77.6 cm³/mol. The van der Waals surface area contributed by atoms with Crippen molar-refractivity contribution in [3.05, 3.63) is 70.5 Å². The van der Waals surface area contributed by atoms with Gasteiger partial charge in [-0.05, 0) is 56.0 Å².